The summed E-state index contributed by atoms with van der Waals surface area (Å²) in [5, 5.41) is 8.07. The number of anilines is 1. The topological polar surface area (TPSA) is 28.0 Å². The third kappa shape index (κ3) is 4.07. The van der Waals surface area contributed by atoms with E-state index in [0.717, 1.165) is 11.1 Å². The van der Waals surface area contributed by atoms with Gasteiger partial charge in [-0.2, -0.15) is 10.2 Å². The van der Waals surface area contributed by atoms with Crippen LogP contribution >= 0.6 is 0 Å². The molecule has 0 heterocycles. The van der Waals surface area contributed by atoms with Crippen LogP contribution in [-0.4, -0.2) is 26.5 Å². The molecule has 96 valence electrons. The van der Waals surface area contributed by atoms with Gasteiger partial charge in [-0.05, 0) is 23.3 Å². The lowest BCUT2D eigenvalue weighted by Crippen LogP contribution is -2.08. The number of benzene rings is 2. The fourth-order valence-electron chi connectivity index (χ4n) is 1.60. The fraction of sp³-hybridized carbons (Fsp3) is 0.125. The van der Waals surface area contributed by atoms with Gasteiger partial charge in [-0.1, -0.05) is 42.5 Å². The molecule has 0 N–H and O–H groups in total. The van der Waals surface area contributed by atoms with Crippen molar-refractivity contribution in [1.82, 2.24) is 0 Å². The lowest BCUT2D eigenvalue weighted by Gasteiger charge is -2.11. The van der Waals surface area contributed by atoms with Gasteiger partial charge in [0, 0.05) is 19.8 Å². The van der Waals surface area contributed by atoms with E-state index < -0.39 is 0 Å². The van der Waals surface area contributed by atoms with Gasteiger partial charge in [-0.15, -0.1) is 0 Å². The minimum Gasteiger partial charge on any atom is -0.378 e. The second kappa shape index (κ2) is 6.50. The number of rotatable bonds is 4. The molecule has 3 heteroatoms. The Morgan fingerprint density at radius 3 is 1.79 bits per heavy atom. The molecular formula is C16H17N3. The van der Waals surface area contributed by atoms with Gasteiger partial charge in [0.2, 0.25) is 0 Å². The van der Waals surface area contributed by atoms with Crippen molar-refractivity contribution >= 4 is 18.1 Å². The summed E-state index contributed by atoms with van der Waals surface area (Å²) < 4.78 is 0. The van der Waals surface area contributed by atoms with Crippen molar-refractivity contribution in [3.8, 4) is 0 Å². The lowest BCUT2D eigenvalue weighted by molar-refractivity contribution is 1.13. The van der Waals surface area contributed by atoms with E-state index >= 15 is 0 Å². The van der Waals surface area contributed by atoms with Gasteiger partial charge in [0.05, 0.1) is 12.4 Å². The molecule has 3 nitrogen and oxygen atoms in total. The lowest BCUT2D eigenvalue weighted by atomic mass is 10.2. The molecule has 2 aromatic rings. The number of hydrogen-bond acceptors (Lipinski definition) is 3. The molecule has 0 saturated carbocycles. The van der Waals surface area contributed by atoms with Crippen LogP contribution in [0.25, 0.3) is 0 Å². The summed E-state index contributed by atoms with van der Waals surface area (Å²) in [6, 6.07) is 18.1. The molecule has 0 amide bonds. The monoisotopic (exact) mass is 251 g/mol. The highest BCUT2D eigenvalue weighted by molar-refractivity contribution is 5.82. The molecule has 0 spiro atoms. The maximum atomic E-state index is 4.04. The largest absolute Gasteiger partial charge is 0.378 e. The van der Waals surface area contributed by atoms with Crippen molar-refractivity contribution in [1.29, 1.82) is 0 Å². The summed E-state index contributed by atoms with van der Waals surface area (Å²) in [6.45, 7) is 0. The zero-order valence-electron chi connectivity index (χ0n) is 11.2. The van der Waals surface area contributed by atoms with Crippen molar-refractivity contribution in [2.45, 2.75) is 0 Å². The first-order valence-corrected chi connectivity index (χ1v) is 6.14. The number of nitrogens with zero attached hydrogens (tertiary/aromatic N) is 3. The van der Waals surface area contributed by atoms with Crippen molar-refractivity contribution in [3.05, 3.63) is 65.7 Å². The highest BCUT2D eigenvalue weighted by atomic mass is 15.2. The van der Waals surface area contributed by atoms with Crippen LogP contribution in [0.4, 0.5) is 5.69 Å². The Kier molecular flexibility index (Phi) is 4.45. The van der Waals surface area contributed by atoms with Crippen LogP contribution in [0.15, 0.2) is 64.8 Å². The van der Waals surface area contributed by atoms with Crippen molar-refractivity contribution in [3.63, 3.8) is 0 Å². The molecular weight excluding hydrogens is 234 g/mol. The molecule has 0 saturated heterocycles. The summed E-state index contributed by atoms with van der Waals surface area (Å²) in [7, 11) is 4.04. The van der Waals surface area contributed by atoms with Gasteiger partial charge in [0.1, 0.15) is 0 Å². The molecule has 19 heavy (non-hydrogen) atoms. The molecule has 0 aliphatic carbocycles. The van der Waals surface area contributed by atoms with Crippen LogP contribution in [0.2, 0.25) is 0 Å². The van der Waals surface area contributed by atoms with E-state index in [1.807, 2.05) is 56.6 Å². The van der Waals surface area contributed by atoms with E-state index in [9.17, 15) is 0 Å². The minimum absolute atomic E-state index is 1.04. The summed E-state index contributed by atoms with van der Waals surface area (Å²) in [5.41, 5.74) is 3.25. The zero-order chi connectivity index (χ0) is 13.5. The zero-order valence-corrected chi connectivity index (χ0v) is 11.2. The van der Waals surface area contributed by atoms with E-state index in [1.165, 1.54) is 5.69 Å². The van der Waals surface area contributed by atoms with E-state index in [1.54, 1.807) is 12.4 Å². The molecule has 0 radical (unpaired) electrons. The quantitative estimate of drug-likeness (QED) is 0.605. The normalized spacial score (nSPS) is 11.3. The first-order valence-electron chi connectivity index (χ1n) is 6.14. The fourth-order valence-corrected chi connectivity index (χ4v) is 1.60. The number of hydrogen-bond donors (Lipinski definition) is 0. The van der Waals surface area contributed by atoms with Gasteiger partial charge in [-0.3, -0.25) is 0 Å². The highest BCUT2D eigenvalue weighted by Gasteiger charge is 1.93. The van der Waals surface area contributed by atoms with Crippen LogP contribution in [0, 0.1) is 0 Å². The van der Waals surface area contributed by atoms with Crippen molar-refractivity contribution < 1.29 is 0 Å². The molecule has 0 atom stereocenters. The Morgan fingerprint density at radius 1 is 0.737 bits per heavy atom. The second-order valence-electron chi connectivity index (χ2n) is 4.39. The summed E-state index contributed by atoms with van der Waals surface area (Å²) in [5.74, 6) is 0. The predicted molar refractivity (Wildman–Crippen MR) is 82.4 cm³/mol. The van der Waals surface area contributed by atoms with Gasteiger partial charge in [-0.25, -0.2) is 0 Å². The molecule has 0 bridgehead atoms. The average Bonchev–Trinajstić information content (AvgIpc) is 2.45. The van der Waals surface area contributed by atoms with Gasteiger partial charge >= 0.3 is 0 Å². The third-order valence-electron chi connectivity index (χ3n) is 2.69. The molecule has 2 aromatic carbocycles. The standard InChI is InChI=1S/C16H17N3/c1-19(2)16-10-8-15(9-11-16)13-18-17-12-14-6-4-3-5-7-14/h3-13H,1-2H3/b17-12+,18-13+. The van der Waals surface area contributed by atoms with E-state index in [-0.39, 0.29) is 0 Å². The van der Waals surface area contributed by atoms with E-state index in [4.69, 9.17) is 0 Å². The van der Waals surface area contributed by atoms with Gasteiger partial charge in [0.25, 0.3) is 0 Å². The molecule has 0 unspecified atom stereocenters. The Balaban J connectivity index is 1.97. The smallest absolute Gasteiger partial charge is 0.0568 e. The van der Waals surface area contributed by atoms with Crippen LogP contribution in [0.5, 0.6) is 0 Å². The second-order valence-corrected chi connectivity index (χ2v) is 4.39. The summed E-state index contributed by atoms with van der Waals surface area (Å²) in [4.78, 5) is 2.06. The van der Waals surface area contributed by atoms with Gasteiger partial charge in [0.15, 0.2) is 0 Å². The SMILES string of the molecule is CN(C)c1ccc(/C=N/N=C/c2ccccc2)cc1. The van der Waals surface area contributed by atoms with Crippen LogP contribution in [0.3, 0.4) is 0 Å². The van der Waals surface area contributed by atoms with Gasteiger partial charge < -0.3 is 4.90 Å². The third-order valence-corrected chi connectivity index (χ3v) is 2.69. The van der Waals surface area contributed by atoms with Crippen LogP contribution in [-0.2, 0) is 0 Å². The maximum absolute atomic E-state index is 4.04. The Morgan fingerprint density at radius 2 is 1.26 bits per heavy atom. The van der Waals surface area contributed by atoms with Crippen molar-refractivity contribution in [2.24, 2.45) is 10.2 Å². The predicted octanol–water partition coefficient (Wildman–Crippen LogP) is 3.21. The Hall–Kier alpha value is -2.42. The molecule has 0 aromatic heterocycles. The molecule has 0 aliphatic heterocycles. The van der Waals surface area contributed by atoms with Crippen LogP contribution < -0.4 is 4.90 Å². The summed E-state index contributed by atoms with van der Waals surface area (Å²) >= 11 is 0. The maximum Gasteiger partial charge on any atom is 0.0568 e. The Bertz CT molecular complexity index is 554. The molecule has 2 rings (SSSR count). The summed E-state index contributed by atoms with van der Waals surface area (Å²) in [6.07, 6.45) is 3.49. The van der Waals surface area contributed by atoms with Crippen molar-refractivity contribution in [2.75, 3.05) is 19.0 Å². The minimum atomic E-state index is 1.04. The first-order chi connectivity index (χ1) is 9.25. The first kappa shape index (κ1) is 13.0. The van der Waals surface area contributed by atoms with Crippen LogP contribution in [0.1, 0.15) is 11.1 Å². The Labute approximate surface area is 113 Å². The average molecular weight is 251 g/mol. The molecule has 0 fully saturated rings. The van der Waals surface area contributed by atoms with E-state index in [0.29, 0.717) is 0 Å². The molecule has 0 aliphatic rings. The van der Waals surface area contributed by atoms with E-state index in [2.05, 4.69) is 27.2 Å². The highest BCUT2D eigenvalue weighted by Crippen LogP contribution is 2.10.